The van der Waals surface area contributed by atoms with Gasteiger partial charge in [0, 0.05) is 0 Å². The van der Waals surface area contributed by atoms with E-state index >= 15 is 0 Å². The first-order valence-corrected chi connectivity index (χ1v) is 4.25. The highest BCUT2D eigenvalue weighted by molar-refractivity contribution is 5.81. The number of hydrogen-bond acceptors (Lipinski definition) is 3. The van der Waals surface area contributed by atoms with Gasteiger partial charge in [-0.05, 0) is 17.7 Å². The van der Waals surface area contributed by atoms with Crippen molar-refractivity contribution >= 4 is 12.2 Å². The van der Waals surface area contributed by atoms with Gasteiger partial charge < -0.3 is 16.2 Å². The first-order chi connectivity index (χ1) is 7.58. The zero-order chi connectivity index (χ0) is 12.0. The fourth-order valence-corrected chi connectivity index (χ4v) is 0.933. The van der Waals surface area contributed by atoms with Crippen LogP contribution in [-0.4, -0.2) is 18.8 Å². The number of halogens is 2. The Kier molecular flexibility index (Phi) is 4.19. The van der Waals surface area contributed by atoms with Gasteiger partial charge in [-0.2, -0.15) is 13.9 Å². The van der Waals surface area contributed by atoms with E-state index in [1.54, 1.807) is 12.1 Å². The maximum atomic E-state index is 11.9. The van der Waals surface area contributed by atoms with Crippen LogP contribution in [0.3, 0.4) is 0 Å². The van der Waals surface area contributed by atoms with Gasteiger partial charge in [0.25, 0.3) is 0 Å². The minimum absolute atomic E-state index is 0.0450. The fourth-order valence-electron chi connectivity index (χ4n) is 0.933. The van der Waals surface area contributed by atoms with E-state index < -0.39 is 6.61 Å². The van der Waals surface area contributed by atoms with E-state index in [0.717, 1.165) is 0 Å². The summed E-state index contributed by atoms with van der Waals surface area (Å²) >= 11 is 0. The molecule has 0 bridgehead atoms. The first-order valence-electron chi connectivity index (χ1n) is 4.25. The van der Waals surface area contributed by atoms with E-state index in [0.29, 0.717) is 5.56 Å². The summed E-state index contributed by atoms with van der Waals surface area (Å²) < 4.78 is 28.0. The van der Waals surface area contributed by atoms with Crippen molar-refractivity contribution in [2.45, 2.75) is 6.61 Å². The molecule has 0 amide bonds. The maximum Gasteiger partial charge on any atom is 0.387 e. The topological polar surface area (TPSA) is 86.0 Å². The molecule has 4 N–H and O–H groups in total. The molecule has 0 saturated heterocycles. The molecule has 0 saturated carbocycles. The van der Waals surface area contributed by atoms with Crippen LogP contribution in [-0.2, 0) is 0 Å². The molecule has 1 aromatic rings. The van der Waals surface area contributed by atoms with Crippen LogP contribution in [0.5, 0.6) is 5.75 Å². The van der Waals surface area contributed by atoms with Gasteiger partial charge in [-0.1, -0.05) is 12.1 Å². The van der Waals surface area contributed by atoms with Crippen molar-refractivity contribution in [3.8, 4) is 5.75 Å². The van der Waals surface area contributed by atoms with E-state index in [2.05, 4.69) is 14.9 Å². The second kappa shape index (κ2) is 5.64. The van der Waals surface area contributed by atoms with Crippen molar-refractivity contribution in [2.75, 3.05) is 0 Å². The molecule has 0 aromatic heterocycles. The summed E-state index contributed by atoms with van der Waals surface area (Å²) in [5.74, 6) is -0.139. The van der Waals surface area contributed by atoms with Crippen LogP contribution < -0.4 is 16.2 Å². The van der Waals surface area contributed by atoms with Crippen molar-refractivity contribution in [3.05, 3.63) is 29.8 Å². The average molecular weight is 228 g/mol. The molecule has 0 aliphatic rings. The van der Waals surface area contributed by atoms with Crippen LogP contribution in [0.15, 0.2) is 34.5 Å². The molecule has 0 aliphatic carbocycles. The van der Waals surface area contributed by atoms with E-state index in [1.807, 2.05) is 0 Å². The van der Waals surface area contributed by atoms with Gasteiger partial charge in [0.15, 0.2) is 0 Å². The van der Waals surface area contributed by atoms with Crippen molar-refractivity contribution in [1.29, 1.82) is 0 Å². The number of ether oxygens (including phenoxy) is 1. The minimum atomic E-state index is -2.86. The number of nitrogens with two attached hydrogens (primary N) is 2. The Labute approximate surface area is 90.4 Å². The molecule has 1 rings (SSSR count). The van der Waals surface area contributed by atoms with Crippen LogP contribution in [0.25, 0.3) is 0 Å². The lowest BCUT2D eigenvalue weighted by Crippen LogP contribution is -2.21. The van der Waals surface area contributed by atoms with Gasteiger partial charge in [-0.25, -0.2) is 0 Å². The lowest BCUT2D eigenvalue weighted by atomic mass is 10.2. The lowest BCUT2D eigenvalue weighted by Gasteiger charge is -2.03. The normalized spacial score (nSPS) is 10.7. The van der Waals surface area contributed by atoms with Crippen molar-refractivity contribution in [2.24, 2.45) is 21.7 Å². The van der Waals surface area contributed by atoms with Crippen LogP contribution in [0.1, 0.15) is 5.56 Å². The van der Waals surface area contributed by atoms with Crippen LogP contribution in [0, 0.1) is 0 Å². The van der Waals surface area contributed by atoms with Gasteiger partial charge in [-0.15, -0.1) is 5.10 Å². The molecule has 0 radical (unpaired) electrons. The zero-order valence-corrected chi connectivity index (χ0v) is 8.18. The highest BCUT2D eigenvalue weighted by Gasteiger charge is 2.03. The third-order valence-electron chi connectivity index (χ3n) is 1.46. The standard InChI is InChI=1S/C9H10F2N4O/c10-8(11)16-7-3-1-2-6(4-7)5-14-15-9(12)13/h1-5,8H,(H4,12,13,15). The van der Waals surface area contributed by atoms with E-state index in [9.17, 15) is 8.78 Å². The molecule has 7 heteroatoms. The van der Waals surface area contributed by atoms with Crippen LogP contribution in [0.2, 0.25) is 0 Å². The average Bonchev–Trinajstić information content (AvgIpc) is 2.16. The van der Waals surface area contributed by atoms with Gasteiger partial charge in [0.1, 0.15) is 5.75 Å². The third kappa shape index (κ3) is 4.36. The molecule has 86 valence electrons. The monoisotopic (exact) mass is 228 g/mol. The molecular weight excluding hydrogens is 218 g/mol. The Balaban J connectivity index is 2.74. The van der Waals surface area contributed by atoms with Gasteiger partial charge >= 0.3 is 6.61 Å². The van der Waals surface area contributed by atoms with Gasteiger partial charge in [0.05, 0.1) is 6.21 Å². The summed E-state index contributed by atoms with van der Waals surface area (Å²) in [7, 11) is 0. The quantitative estimate of drug-likeness (QED) is 0.456. The number of hydrogen-bond donors (Lipinski definition) is 2. The third-order valence-corrected chi connectivity index (χ3v) is 1.46. The Hall–Kier alpha value is -2.18. The van der Waals surface area contributed by atoms with E-state index in [4.69, 9.17) is 11.5 Å². The smallest absolute Gasteiger partial charge is 0.387 e. The largest absolute Gasteiger partial charge is 0.435 e. The summed E-state index contributed by atoms with van der Waals surface area (Å²) in [4.78, 5) is 0. The van der Waals surface area contributed by atoms with E-state index in [1.165, 1.54) is 18.3 Å². The summed E-state index contributed by atoms with van der Waals surface area (Å²) in [5, 5.41) is 6.89. The molecule has 5 nitrogen and oxygen atoms in total. The lowest BCUT2D eigenvalue weighted by molar-refractivity contribution is -0.0498. The second-order valence-electron chi connectivity index (χ2n) is 2.72. The SMILES string of the molecule is NC(N)=NN=Cc1cccc(OC(F)F)c1. The molecule has 0 atom stereocenters. The molecule has 0 aliphatic heterocycles. The Morgan fingerprint density at radius 2 is 2.12 bits per heavy atom. The Bertz CT molecular complexity index is 402. The summed E-state index contributed by atoms with van der Waals surface area (Å²) in [6.07, 6.45) is 1.32. The predicted octanol–water partition coefficient (Wildman–Crippen LogP) is 0.895. The molecular formula is C9H10F2N4O. The summed E-state index contributed by atoms with van der Waals surface area (Å²) in [5.41, 5.74) is 10.6. The molecule has 0 spiro atoms. The molecule has 0 unspecified atom stereocenters. The first kappa shape index (κ1) is 11.9. The van der Waals surface area contributed by atoms with E-state index in [-0.39, 0.29) is 11.7 Å². The number of guanidine groups is 1. The number of alkyl halides is 2. The molecule has 0 heterocycles. The fraction of sp³-hybridized carbons (Fsp3) is 0.111. The van der Waals surface area contributed by atoms with Gasteiger partial charge in [0.2, 0.25) is 5.96 Å². The summed E-state index contributed by atoms with van der Waals surface area (Å²) in [6, 6.07) is 5.99. The minimum Gasteiger partial charge on any atom is -0.435 e. The Morgan fingerprint density at radius 1 is 1.38 bits per heavy atom. The highest BCUT2D eigenvalue weighted by Crippen LogP contribution is 2.14. The van der Waals surface area contributed by atoms with Crippen LogP contribution in [0.4, 0.5) is 8.78 Å². The van der Waals surface area contributed by atoms with Gasteiger partial charge in [-0.3, -0.25) is 0 Å². The van der Waals surface area contributed by atoms with Crippen LogP contribution >= 0.6 is 0 Å². The molecule has 1 aromatic carbocycles. The van der Waals surface area contributed by atoms with Crippen molar-refractivity contribution < 1.29 is 13.5 Å². The summed E-state index contributed by atoms with van der Waals surface area (Å²) in [6.45, 7) is -2.86. The zero-order valence-electron chi connectivity index (χ0n) is 8.18. The predicted molar refractivity (Wildman–Crippen MR) is 56.5 cm³/mol. The number of benzene rings is 1. The highest BCUT2D eigenvalue weighted by atomic mass is 19.3. The molecule has 0 fully saturated rings. The Morgan fingerprint density at radius 3 is 2.75 bits per heavy atom. The number of rotatable bonds is 4. The molecule has 16 heavy (non-hydrogen) atoms. The number of nitrogens with zero attached hydrogens (tertiary/aromatic N) is 2. The maximum absolute atomic E-state index is 11.9. The second-order valence-corrected chi connectivity index (χ2v) is 2.72. The van der Waals surface area contributed by atoms with Crippen molar-refractivity contribution in [3.63, 3.8) is 0 Å². The van der Waals surface area contributed by atoms with Crippen molar-refractivity contribution in [1.82, 2.24) is 0 Å².